The van der Waals surface area contributed by atoms with E-state index in [1.165, 1.54) is 0 Å². The van der Waals surface area contributed by atoms with Crippen LogP contribution in [0.5, 0.6) is 11.5 Å². The molecule has 0 aliphatic rings. The molecule has 0 aliphatic carbocycles. The molecule has 0 saturated heterocycles. The number of aromatic hydroxyl groups is 2. The number of rotatable bonds is 2. The van der Waals surface area contributed by atoms with Gasteiger partial charge in [-0.05, 0) is 12.1 Å². The second-order valence-corrected chi connectivity index (χ2v) is 3.26. The highest BCUT2D eigenvalue weighted by Gasteiger charge is 2.43. The lowest BCUT2D eigenvalue weighted by Gasteiger charge is -2.22. The first-order valence-electron chi connectivity index (χ1n) is 4.25. The predicted molar refractivity (Wildman–Crippen MR) is 48.8 cm³/mol. The maximum Gasteiger partial charge on any atom is 0.416 e. The van der Waals surface area contributed by atoms with Crippen LogP contribution in [0.3, 0.4) is 0 Å². The zero-order chi connectivity index (χ0) is 12.5. The molecule has 0 spiro atoms. The normalized spacial score (nSPS) is 15.8. The number of hydrogen-bond donors (Lipinski definition) is 4. The first kappa shape index (κ1) is 12.6. The average molecular weight is 237 g/mol. The van der Waals surface area contributed by atoms with Gasteiger partial charge in [-0.3, -0.25) is 0 Å². The van der Waals surface area contributed by atoms with Crippen LogP contribution in [0.1, 0.15) is 11.6 Å². The van der Waals surface area contributed by atoms with Crippen LogP contribution in [0.4, 0.5) is 13.2 Å². The number of alkyl halides is 3. The van der Waals surface area contributed by atoms with Crippen molar-refractivity contribution in [2.75, 3.05) is 0 Å². The quantitative estimate of drug-likeness (QED) is 0.618. The summed E-state index contributed by atoms with van der Waals surface area (Å²) in [6.07, 6.45) is -7.65. The van der Waals surface area contributed by atoms with Crippen molar-refractivity contribution in [3.05, 3.63) is 23.8 Å². The van der Waals surface area contributed by atoms with Crippen LogP contribution in [-0.4, -0.2) is 27.6 Å². The van der Waals surface area contributed by atoms with E-state index in [1.807, 2.05) is 0 Å². The molecule has 0 saturated carbocycles. The minimum absolute atomic E-state index is 0.289. The molecule has 0 aliphatic heterocycles. The van der Waals surface area contributed by atoms with E-state index in [9.17, 15) is 18.3 Å². The molecule has 4 nitrogen and oxygen atoms in total. The molecular formula is C9H10F3NO3. The molecule has 0 aromatic heterocycles. The van der Waals surface area contributed by atoms with Crippen LogP contribution >= 0.6 is 0 Å². The Bertz CT molecular complexity index is 381. The van der Waals surface area contributed by atoms with Gasteiger partial charge in [-0.15, -0.1) is 0 Å². The van der Waals surface area contributed by atoms with Gasteiger partial charge in [-0.1, -0.05) is 0 Å². The molecule has 2 atom stereocenters. The van der Waals surface area contributed by atoms with Gasteiger partial charge >= 0.3 is 6.18 Å². The largest absolute Gasteiger partial charge is 0.508 e. The van der Waals surface area contributed by atoms with Gasteiger partial charge in [0.15, 0.2) is 6.10 Å². The second kappa shape index (κ2) is 4.18. The van der Waals surface area contributed by atoms with Gasteiger partial charge in [-0.2, -0.15) is 13.2 Å². The van der Waals surface area contributed by atoms with Gasteiger partial charge in [-0.25, -0.2) is 0 Å². The molecule has 0 fully saturated rings. The van der Waals surface area contributed by atoms with Crippen molar-refractivity contribution in [2.45, 2.75) is 18.3 Å². The lowest BCUT2D eigenvalue weighted by Crippen LogP contribution is -2.38. The molecule has 90 valence electrons. The lowest BCUT2D eigenvalue weighted by molar-refractivity contribution is -0.210. The van der Waals surface area contributed by atoms with Crippen LogP contribution in [0, 0.1) is 0 Å². The Balaban J connectivity index is 3.01. The van der Waals surface area contributed by atoms with E-state index in [2.05, 4.69) is 0 Å². The van der Waals surface area contributed by atoms with Crippen molar-refractivity contribution in [1.29, 1.82) is 0 Å². The number of hydrogen-bond acceptors (Lipinski definition) is 4. The Morgan fingerprint density at radius 3 is 2.19 bits per heavy atom. The monoisotopic (exact) mass is 237 g/mol. The number of halogens is 3. The van der Waals surface area contributed by atoms with Gasteiger partial charge in [0.25, 0.3) is 0 Å². The second-order valence-electron chi connectivity index (χ2n) is 3.26. The fraction of sp³-hybridized carbons (Fsp3) is 0.333. The van der Waals surface area contributed by atoms with Gasteiger partial charge in [0.1, 0.15) is 11.5 Å². The molecule has 0 radical (unpaired) electrons. The summed E-state index contributed by atoms with van der Waals surface area (Å²) in [6.45, 7) is 0. The molecule has 1 aromatic rings. The summed E-state index contributed by atoms with van der Waals surface area (Å²) in [7, 11) is 0. The Labute approximate surface area is 88.7 Å². The summed E-state index contributed by atoms with van der Waals surface area (Å²) in [5.41, 5.74) is 4.87. The molecule has 5 N–H and O–H groups in total. The molecule has 16 heavy (non-hydrogen) atoms. The average Bonchev–Trinajstić information content (AvgIpc) is 2.14. The number of benzene rings is 1. The van der Waals surface area contributed by atoms with Gasteiger partial charge in [0.2, 0.25) is 0 Å². The van der Waals surface area contributed by atoms with Crippen LogP contribution in [0.2, 0.25) is 0 Å². The Morgan fingerprint density at radius 1 is 1.19 bits per heavy atom. The van der Waals surface area contributed by atoms with Crippen molar-refractivity contribution in [1.82, 2.24) is 0 Å². The van der Waals surface area contributed by atoms with E-state index in [0.29, 0.717) is 0 Å². The first-order chi connectivity index (χ1) is 7.23. The third-order valence-electron chi connectivity index (χ3n) is 2.05. The molecule has 0 bridgehead atoms. The van der Waals surface area contributed by atoms with E-state index in [0.717, 1.165) is 18.2 Å². The number of nitrogens with two attached hydrogens (primary N) is 1. The zero-order valence-corrected chi connectivity index (χ0v) is 7.94. The van der Waals surface area contributed by atoms with Crippen molar-refractivity contribution < 1.29 is 28.5 Å². The van der Waals surface area contributed by atoms with Crippen molar-refractivity contribution in [3.8, 4) is 11.5 Å². The molecule has 0 amide bonds. The summed E-state index contributed by atoms with van der Waals surface area (Å²) in [5, 5.41) is 27.1. The fourth-order valence-electron chi connectivity index (χ4n) is 1.19. The lowest BCUT2D eigenvalue weighted by atomic mass is 10.0. The maximum atomic E-state index is 12.1. The molecule has 7 heteroatoms. The Hall–Kier alpha value is -1.47. The highest BCUT2D eigenvalue weighted by Crippen LogP contribution is 2.33. The van der Waals surface area contributed by atoms with Crippen LogP contribution in [0.25, 0.3) is 0 Å². The summed E-state index contributed by atoms with van der Waals surface area (Å²) in [5.74, 6) is -0.911. The van der Waals surface area contributed by atoms with Crippen molar-refractivity contribution >= 4 is 0 Å². The number of phenolic OH excluding ortho intramolecular Hbond substituents is 2. The SMILES string of the molecule is N[C@H](c1ccc(O)cc1O)[C@@H](O)C(F)(F)F. The van der Waals surface area contributed by atoms with E-state index in [4.69, 9.17) is 15.9 Å². The summed E-state index contributed by atoms with van der Waals surface area (Å²) < 4.78 is 36.4. The van der Waals surface area contributed by atoms with Gasteiger partial charge < -0.3 is 21.1 Å². The van der Waals surface area contributed by atoms with Crippen LogP contribution in [-0.2, 0) is 0 Å². The summed E-state index contributed by atoms with van der Waals surface area (Å²) in [6, 6.07) is 1.13. The third kappa shape index (κ3) is 2.56. The van der Waals surface area contributed by atoms with E-state index >= 15 is 0 Å². The smallest absolute Gasteiger partial charge is 0.416 e. The maximum absolute atomic E-state index is 12.1. The topological polar surface area (TPSA) is 86.7 Å². The minimum atomic E-state index is -4.87. The molecule has 0 heterocycles. The summed E-state index contributed by atoms with van der Waals surface area (Å²) >= 11 is 0. The number of aliphatic hydroxyl groups excluding tert-OH is 1. The molecule has 0 unspecified atom stereocenters. The minimum Gasteiger partial charge on any atom is -0.508 e. The van der Waals surface area contributed by atoms with E-state index < -0.39 is 24.1 Å². The molecule has 1 aromatic carbocycles. The van der Waals surface area contributed by atoms with Crippen molar-refractivity contribution in [3.63, 3.8) is 0 Å². The first-order valence-corrected chi connectivity index (χ1v) is 4.25. The Morgan fingerprint density at radius 2 is 1.75 bits per heavy atom. The molecular weight excluding hydrogens is 227 g/mol. The molecule has 1 rings (SSSR count). The highest BCUT2D eigenvalue weighted by atomic mass is 19.4. The standard InChI is InChI=1S/C9H10F3NO3/c10-9(11,12)8(16)7(13)5-2-1-4(14)3-6(5)15/h1-3,7-8,14-16H,13H2/t7-,8-/m1/s1. The number of aliphatic hydroxyl groups is 1. The van der Waals surface area contributed by atoms with E-state index in [1.54, 1.807) is 0 Å². The predicted octanol–water partition coefficient (Wildman–Crippen LogP) is 1.02. The Kier molecular flexibility index (Phi) is 3.30. The van der Waals surface area contributed by atoms with Gasteiger partial charge in [0.05, 0.1) is 6.04 Å². The zero-order valence-electron chi connectivity index (χ0n) is 7.94. The fourth-order valence-corrected chi connectivity index (χ4v) is 1.19. The van der Waals surface area contributed by atoms with Crippen LogP contribution in [0.15, 0.2) is 18.2 Å². The van der Waals surface area contributed by atoms with Gasteiger partial charge in [0, 0.05) is 11.6 Å². The summed E-state index contributed by atoms with van der Waals surface area (Å²) in [4.78, 5) is 0. The van der Waals surface area contributed by atoms with Crippen LogP contribution < -0.4 is 5.73 Å². The number of phenols is 2. The van der Waals surface area contributed by atoms with E-state index in [-0.39, 0.29) is 11.3 Å². The highest BCUT2D eigenvalue weighted by molar-refractivity contribution is 5.41. The van der Waals surface area contributed by atoms with Crippen molar-refractivity contribution in [2.24, 2.45) is 5.73 Å². The third-order valence-corrected chi connectivity index (χ3v) is 2.05.